The van der Waals surface area contributed by atoms with E-state index < -0.39 is 0 Å². The van der Waals surface area contributed by atoms with E-state index in [2.05, 4.69) is 4.94 Å². The molecule has 0 aliphatic carbocycles. The van der Waals surface area contributed by atoms with Crippen molar-refractivity contribution in [3.8, 4) is 11.5 Å². The molecule has 1 aromatic carbocycles. The zero-order valence-electron chi connectivity index (χ0n) is 5.50. The minimum atomic E-state index is 0.102. The SMILES string of the molecule is COc1ccccc1OF. The van der Waals surface area contributed by atoms with E-state index in [1.165, 1.54) is 13.2 Å². The Labute approximate surface area is 58.1 Å². The van der Waals surface area contributed by atoms with Crippen molar-refractivity contribution in [2.45, 2.75) is 0 Å². The molecule has 0 radical (unpaired) electrons. The quantitative estimate of drug-likeness (QED) is 0.628. The number of methoxy groups -OCH3 is 1. The van der Waals surface area contributed by atoms with Gasteiger partial charge in [-0.05, 0) is 12.1 Å². The summed E-state index contributed by atoms with van der Waals surface area (Å²) in [4.78, 5) is 3.51. The fourth-order valence-electron chi connectivity index (χ4n) is 0.683. The van der Waals surface area contributed by atoms with Gasteiger partial charge in [-0.25, -0.2) is 0 Å². The Hall–Kier alpha value is -1.25. The van der Waals surface area contributed by atoms with Crippen LogP contribution in [-0.4, -0.2) is 7.11 Å². The van der Waals surface area contributed by atoms with E-state index in [9.17, 15) is 4.53 Å². The van der Waals surface area contributed by atoms with E-state index in [0.717, 1.165) is 0 Å². The van der Waals surface area contributed by atoms with E-state index in [1.54, 1.807) is 18.2 Å². The number of rotatable bonds is 2. The zero-order chi connectivity index (χ0) is 7.40. The minimum Gasteiger partial charge on any atom is -0.493 e. The van der Waals surface area contributed by atoms with Crippen LogP contribution in [0.1, 0.15) is 0 Å². The number of para-hydroxylation sites is 2. The average Bonchev–Trinajstić information content (AvgIpc) is 2.04. The molecular weight excluding hydrogens is 135 g/mol. The predicted molar refractivity (Wildman–Crippen MR) is 34.7 cm³/mol. The highest BCUT2D eigenvalue weighted by molar-refractivity contribution is 5.38. The van der Waals surface area contributed by atoms with Crippen molar-refractivity contribution in [1.82, 2.24) is 0 Å². The third-order valence-electron chi connectivity index (χ3n) is 1.15. The molecule has 0 unspecified atom stereocenters. The van der Waals surface area contributed by atoms with Crippen LogP contribution in [0.15, 0.2) is 24.3 Å². The Bertz CT molecular complexity index is 190. The summed E-state index contributed by atoms with van der Waals surface area (Å²) in [6.07, 6.45) is 0. The normalized spacial score (nSPS) is 9.00. The van der Waals surface area contributed by atoms with Crippen LogP contribution in [0.2, 0.25) is 0 Å². The van der Waals surface area contributed by atoms with E-state index in [-0.39, 0.29) is 5.75 Å². The fraction of sp³-hybridized carbons (Fsp3) is 0.143. The first kappa shape index (κ1) is 6.86. The average molecular weight is 142 g/mol. The lowest BCUT2D eigenvalue weighted by molar-refractivity contribution is -0.00896. The first-order chi connectivity index (χ1) is 4.88. The number of benzene rings is 1. The molecule has 10 heavy (non-hydrogen) atoms. The van der Waals surface area contributed by atoms with Gasteiger partial charge in [-0.1, -0.05) is 12.1 Å². The Morgan fingerprint density at radius 3 is 2.20 bits per heavy atom. The topological polar surface area (TPSA) is 18.5 Å². The Morgan fingerprint density at radius 1 is 1.20 bits per heavy atom. The molecule has 0 amide bonds. The Kier molecular flexibility index (Phi) is 2.10. The van der Waals surface area contributed by atoms with Gasteiger partial charge < -0.3 is 4.74 Å². The van der Waals surface area contributed by atoms with E-state index in [1.807, 2.05) is 0 Å². The highest BCUT2D eigenvalue weighted by atomic mass is 19.3. The van der Waals surface area contributed by atoms with Crippen LogP contribution in [0.4, 0.5) is 4.53 Å². The van der Waals surface area contributed by atoms with Crippen molar-refractivity contribution >= 4 is 0 Å². The summed E-state index contributed by atoms with van der Waals surface area (Å²) in [5.74, 6) is 0.495. The Balaban J connectivity index is 2.96. The van der Waals surface area contributed by atoms with Crippen LogP contribution in [0.3, 0.4) is 0 Å². The van der Waals surface area contributed by atoms with Crippen LogP contribution in [0.25, 0.3) is 0 Å². The Morgan fingerprint density at radius 2 is 1.80 bits per heavy atom. The molecule has 54 valence electrons. The summed E-state index contributed by atoms with van der Waals surface area (Å²) >= 11 is 0. The first-order valence-electron chi connectivity index (χ1n) is 2.80. The van der Waals surface area contributed by atoms with Crippen LogP contribution in [0.5, 0.6) is 11.5 Å². The van der Waals surface area contributed by atoms with E-state index in [4.69, 9.17) is 4.74 Å². The third kappa shape index (κ3) is 1.18. The summed E-state index contributed by atoms with van der Waals surface area (Å²) in [6, 6.07) is 6.51. The lowest BCUT2D eigenvalue weighted by atomic mass is 10.3. The number of halogens is 1. The highest BCUT2D eigenvalue weighted by Crippen LogP contribution is 2.25. The molecule has 1 aromatic rings. The molecule has 0 saturated carbocycles. The standard InChI is InChI=1S/C7H7FO2/c1-9-6-4-2-3-5-7(6)10-8/h2-5H,1H3. The molecule has 0 N–H and O–H groups in total. The van der Waals surface area contributed by atoms with Crippen molar-refractivity contribution in [2.75, 3.05) is 7.11 Å². The largest absolute Gasteiger partial charge is 0.493 e. The van der Waals surface area contributed by atoms with E-state index in [0.29, 0.717) is 5.75 Å². The molecule has 0 aliphatic rings. The van der Waals surface area contributed by atoms with Crippen LogP contribution in [-0.2, 0) is 0 Å². The maximum Gasteiger partial charge on any atom is 0.213 e. The van der Waals surface area contributed by atoms with Gasteiger partial charge in [-0.3, -0.25) is 4.94 Å². The maximum absolute atomic E-state index is 11.6. The van der Waals surface area contributed by atoms with Crippen molar-refractivity contribution in [2.24, 2.45) is 0 Å². The second-order valence-corrected chi connectivity index (χ2v) is 1.73. The van der Waals surface area contributed by atoms with Gasteiger partial charge >= 0.3 is 0 Å². The summed E-state index contributed by atoms with van der Waals surface area (Å²) < 4.78 is 16.4. The smallest absolute Gasteiger partial charge is 0.213 e. The monoisotopic (exact) mass is 142 g/mol. The number of ether oxygens (including phenoxy) is 1. The zero-order valence-corrected chi connectivity index (χ0v) is 5.50. The van der Waals surface area contributed by atoms with Crippen molar-refractivity contribution in [1.29, 1.82) is 0 Å². The van der Waals surface area contributed by atoms with E-state index >= 15 is 0 Å². The molecule has 0 spiro atoms. The van der Waals surface area contributed by atoms with Gasteiger partial charge in [-0.15, -0.1) is 0 Å². The summed E-state index contributed by atoms with van der Waals surface area (Å²) in [7, 11) is 1.46. The van der Waals surface area contributed by atoms with Gasteiger partial charge in [0.05, 0.1) is 7.11 Å². The molecule has 0 heterocycles. The molecule has 0 aromatic heterocycles. The molecule has 3 heteroatoms. The summed E-state index contributed by atoms with van der Waals surface area (Å²) in [6.45, 7) is 0. The fourth-order valence-corrected chi connectivity index (χ4v) is 0.683. The molecular formula is C7H7FO2. The molecule has 0 atom stereocenters. The van der Waals surface area contributed by atoms with Gasteiger partial charge in [0.15, 0.2) is 5.75 Å². The summed E-state index contributed by atoms with van der Waals surface area (Å²) in [5, 5.41) is 0. The van der Waals surface area contributed by atoms with Crippen molar-refractivity contribution in [3.63, 3.8) is 0 Å². The highest BCUT2D eigenvalue weighted by Gasteiger charge is 2.00. The molecule has 0 fully saturated rings. The number of hydrogen-bond acceptors (Lipinski definition) is 2. The molecule has 1 rings (SSSR count). The lowest BCUT2D eigenvalue weighted by Crippen LogP contribution is -1.85. The molecule has 2 nitrogen and oxygen atoms in total. The summed E-state index contributed by atoms with van der Waals surface area (Å²) in [5.41, 5.74) is 0. The van der Waals surface area contributed by atoms with Crippen LogP contribution >= 0.6 is 0 Å². The predicted octanol–water partition coefficient (Wildman–Crippen LogP) is 1.96. The van der Waals surface area contributed by atoms with Gasteiger partial charge in [-0.2, -0.15) is 0 Å². The second kappa shape index (κ2) is 3.06. The van der Waals surface area contributed by atoms with Crippen molar-refractivity contribution < 1.29 is 14.2 Å². The van der Waals surface area contributed by atoms with Crippen LogP contribution in [0, 0.1) is 0 Å². The number of hydrogen-bond donors (Lipinski definition) is 0. The maximum atomic E-state index is 11.6. The van der Waals surface area contributed by atoms with Gasteiger partial charge in [0.2, 0.25) is 5.75 Å². The lowest BCUT2D eigenvalue weighted by Gasteiger charge is -2.00. The third-order valence-corrected chi connectivity index (χ3v) is 1.15. The molecule has 0 saturated heterocycles. The van der Waals surface area contributed by atoms with Crippen molar-refractivity contribution in [3.05, 3.63) is 24.3 Å². The second-order valence-electron chi connectivity index (χ2n) is 1.73. The van der Waals surface area contributed by atoms with Gasteiger partial charge in [0.1, 0.15) is 0 Å². The molecule has 0 bridgehead atoms. The minimum absolute atomic E-state index is 0.102. The van der Waals surface area contributed by atoms with Crippen LogP contribution < -0.4 is 9.68 Å². The molecule has 0 aliphatic heterocycles. The first-order valence-corrected chi connectivity index (χ1v) is 2.80. The van der Waals surface area contributed by atoms with Gasteiger partial charge in [0, 0.05) is 4.53 Å². The van der Waals surface area contributed by atoms with Gasteiger partial charge in [0.25, 0.3) is 0 Å².